The fourth-order valence-corrected chi connectivity index (χ4v) is 4.21. The van der Waals surface area contributed by atoms with Crippen molar-refractivity contribution in [3.8, 4) is 11.5 Å². The highest BCUT2D eigenvalue weighted by Gasteiger charge is 2.20. The summed E-state index contributed by atoms with van der Waals surface area (Å²) in [7, 11) is 1.69. The number of hydrogen-bond acceptors (Lipinski definition) is 5. The van der Waals surface area contributed by atoms with Crippen molar-refractivity contribution in [1.29, 1.82) is 0 Å². The molecule has 1 aliphatic carbocycles. The van der Waals surface area contributed by atoms with Gasteiger partial charge in [0.05, 0.1) is 26.3 Å². The second-order valence-corrected chi connectivity index (χ2v) is 8.30. The summed E-state index contributed by atoms with van der Waals surface area (Å²) in [6, 6.07) is 6.01. The predicted octanol–water partition coefficient (Wildman–Crippen LogP) is 4.29. The molecule has 158 valence electrons. The van der Waals surface area contributed by atoms with Gasteiger partial charge in [0.2, 0.25) is 0 Å². The van der Waals surface area contributed by atoms with Crippen LogP contribution < -0.4 is 20.1 Å². The molecule has 0 atom stereocenters. The number of aromatic nitrogens is 1. The van der Waals surface area contributed by atoms with Crippen molar-refractivity contribution in [1.82, 2.24) is 15.6 Å². The zero-order valence-electron chi connectivity index (χ0n) is 17.7. The molecule has 0 spiro atoms. The second-order valence-electron chi connectivity index (χ2n) is 7.10. The van der Waals surface area contributed by atoms with Crippen LogP contribution in [0.25, 0.3) is 0 Å². The van der Waals surface area contributed by atoms with E-state index in [1.807, 2.05) is 18.3 Å². The van der Waals surface area contributed by atoms with Crippen molar-refractivity contribution >= 4 is 17.3 Å². The molecule has 6 nitrogen and oxygen atoms in total. The molecule has 7 heteroatoms. The largest absolute Gasteiger partial charge is 0.493 e. The first kappa shape index (κ1) is 21.4. The molecular weight excluding hydrogens is 384 g/mol. The lowest BCUT2D eigenvalue weighted by Crippen LogP contribution is -2.36. The van der Waals surface area contributed by atoms with Gasteiger partial charge >= 0.3 is 0 Å². The molecule has 1 fully saturated rings. The number of guanidine groups is 1. The third-order valence-electron chi connectivity index (χ3n) is 4.98. The Kier molecular flexibility index (Phi) is 8.16. The highest BCUT2D eigenvalue weighted by molar-refractivity contribution is 7.11. The van der Waals surface area contributed by atoms with Gasteiger partial charge in [0.1, 0.15) is 5.01 Å². The summed E-state index contributed by atoms with van der Waals surface area (Å²) >= 11 is 1.74. The summed E-state index contributed by atoms with van der Waals surface area (Å²) in [5.74, 6) is 2.38. The van der Waals surface area contributed by atoms with E-state index in [4.69, 9.17) is 14.5 Å². The van der Waals surface area contributed by atoms with Gasteiger partial charge in [0.15, 0.2) is 17.5 Å². The van der Waals surface area contributed by atoms with Gasteiger partial charge in [-0.2, -0.15) is 0 Å². The highest BCUT2D eigenvalue weighted by atomic mass is 32.1. The number of para-hydroxylation sites is 1. The van der Waals surface area contributed by atoms with Gasteiger partial charge < -0.3 is 20.1 Å². The molecule has 29 heavy (non-hydrogen) atoms. The third kappa shape index (κ3) is 6.10. The van der Waals surface area contributed by atoms with Crippen molar-refractivity contribution in [3.05, 3.63) is 39.8 Å². The Morgan fingerprint density at radius 2 is 2.07 bits per heavy atom. The minimum Gasteiger partial charge on any atom is -0.493 e. The SMILES string of the molecule is CCNC(=NCc1cccc(OC)c1OC1CCCC1)NCc1ncc(CC)s1. The molecular formula is C22H32N4O2S. The van der Waals surface area contributed by atoms with Gasteiger partial charge in [0, 0.05) is 23.2 Å². The van der Waals surface area contributed by atoms with E-state index < -0.39 is 0 Å². The van der Waals surface area contributed by atoms with Crippen LogP contribution in [0.1, 0.15) is 55.0 Å². The number of methoxy groups -OCH3 is 1. The summed E-state index contributed by atoms with van der Waals surface area (Å²) in [6.45, 7) is 6.20. The average Bonchev–Trinajstić information content (AvgIpc) is 3.42. The summed E-state index contributed by atoms with van der Waals surface area (Å²) in [5, 5.41) is 7.76. The smallest absolute Gasteiger partial charge is 0.191 e. The molecule has 2 N–H and O–H groups in total. The van der Waals surface area contributed by atoms with E-state index in [2.05, 4.69) is 35.5 Å². The molecule has 0 unspecified atom stereocenters. The van der Waals surface area contributed by atoms with Gasteiger partial charge in [0.25, 0.3) is 0 Å². The van der Waals surface area contributed by atoms with E-state index in [0.29, 0.717) is 13.1 Å². The number of ether oxygens (including phenoxy) is 2. The summed E-state index contributed by atoms with van der Waals surface area (Å²) < 4.78 is 11.9. The number of aliphatic imine (C=N–C) groups is 1. The quantitative estimate of drug-likeness (QED) is 0.471. The number of rotatable bonds is 9. The Morgan fingerprint density at radius 1 is 1.24 bits per heavy atom. The van der Waals surface area contributed by atoms with E-state index in [1.165, 1.54) is 17.7 Å². The lowest BCUT2D eigenvalue weighted by molar-refractivity contribution is 0.198. The predicted molar refractivity (Wildman–Crippen MR) is 119 cm³/mol. The van der Waals surface area contributed by atoms with Gasteiger partial charge in [-0.05, 0) is 45.1 Å². The number of hydrogen-bond donors (Lipinski definition) is 2. The highest BCUT2D eigenvalue weighted by Crippen LogP contribution is 2.35. The number of nitrogens with one attached hydrogen (secondary N) is 2. The van der Waals surface area contributed by atoms with Gasteiger partial charge in [-0.15, -0.1) is 11.3 Å². The van der Waals surface area contributed by atoms with Gasteiger partial charge in [-0.1, -0.05) is 19.1 Å². The standard InChI is InChI=1S/C22H32N4O2S/c1-4-18-14-24-20(29-18)15-26-22(23-5-2)25-13-16-9-8-12-19(27-3)21(16)28-17-10-6-7-11-17/h8-9,12,14,17H,4-7,10-11,13,15H2,1-3H3,(H2,23,25,26). The van der Waals surface area contributed by atoms with Crippen molar-refractivity contribution in [2.75, 3.05) is 13.7 Å². The van der Waals surface area contributed by atoms with Crippen LogP contribution in [0.4, 0.5) is 0 Å². The lowest BCUT2D eigenvalue weighted by atomic mass is 10.1. The number of nitrogens with zero attached hydrogens (tertiary/aromatic N) is 2. The zero-order valence-corrected chi connectivity index (χ0v) is 18.5. The normalized spacial score (nSPS) is 14.8. The Hall–Kier alpha value is -2.28. The Morgan fingerprint density at radius 3 is 2.76 bits per heavy atom. The molecule has 2 aromatic rings. The van der Waals surface area contributed by atoms with Crippen LogP contribution >= 0.6 is 11.3 Å². The van der Waals surface area contributed by atoms with Crippen LogP contribution in [0.2, 0.25) is 0 Å². The first-order valence-corrected chi connectivity index (χ1v) is 11.3. The Bertz CT molecular complexity index is 800. The Balaban J connectivity index is 1.70. The molecule has 0 aliphatic heterocycles. The lowest BCUT2D eigenvalue weighted by Gasteiger charge is -2.19. The second kappa shape index (κ2) is 11.0. The molecule has 1 heterocycles. The van der Waals surface area contributed by atoms with E-state index >= 15 is 0 Å². The molecule has 0 radical (unpaired) electrons. The fourth-order valence-electron chi connectivity index (χ4n) is 3.41. The molecule has 0 amide bonds. The molecule has 0 saturated heterocycles. The van der Waals surface area contributed by atoms with Crippen molar-refractivity contribution in [2.24, 2.45) is 4.99 Å². The maximum absolute atomic E-state index is 6.32. The van der Waals surface area contributed by atoms with Crippen molar-refractivity contribution in [2.45, 2.75) is 65.1 Å². The molecule has 1 aliphatic rings. The first-order valence-electron chi connectivity index (χ1n) is 10.5. The fraction of sp³-hybridized carbons (Fsp3) is 0.545. The number of benzene rings is 1. The minimum absolute atomic E-state index is 0.276. The molecule has 1 aromatic carbocycles. The van der Waals surface area contributed by atoms with Crippen LogP contribution in [0.5, 0.6) is 11.5 Å². The molecule has 1 aromatic heterocycles. The van der Waals surface area contributed by atoms with Crippen LogP contribution in [0.3, 0.4) is 0 Å². The van der Waals surface area contributed by atoms with E-state index in [1.54, 1.807) is 18.4 Å². The van der Waals surface area contributed by atoms with Crippen LogP contribution in [-0.2, 0) is 19.5 Å². The third-order valence-corrected chi connectivity index (χ3v) is 6.12. The van der Waals surface area contributed by atoms with Gasteiger partial charge in [-0.25, -0.2) is 9.98 Å². The first-order chi connectivity index (χ1) is 14.2. The topological polar surface area (TPSA) is 67.8 Å². The summed E-state index contributed by atoms with van der Waals surface area (Å²) in [4.78, 5) is 10.5. The van der Waals surface area contributed by atoms with E-state index in [-0.39, 0.29) is 6.10 Å². The van der Waals surface area contributed by atoms with Gasteiger partial charge in [-0.3, -0.25) is 0 Å². The molecule has 3 rings (SSSR count). The summed E-state index contributed by atoms with van der Waals surface area (Å²) in [5.41, 5.74) is 1.04. The molecule has 0 bridgehead atoms. The van der Waals surface area contributed by atoms with Crippen LogP contribution in [0.15, 0.2) is 29.4 Å². The van der Waals surface area contributed by atoms with Crippen molar-refractivity contribution < 1.29 is 9.47 Å². The molecule has 1 saturated carbocycles. The summed E-state index contributed by atoms with van der Waals surface area (Å²) in [6.07, 6.45) is 7.94. The van der Waals surface area contributed by atoms with E-state index in [9.17, 15) is 0 Å². The zero-order chi connectivity index (χ0) is 20.5. The van der Waals surface area contributed by atoms with Crippen molar-refractivity contribution in [3.63, 3.8) is 0 Å². The number of aryl methyl sites for hydroxylation is 1. The van der Waals surface area contributed by atoms with Crippen LogP contribution in [0, 0.1) is 0 Å². The van der Waals surface area contributed by atoms with Crippen LogP contribution in [-0.4, -0.2) is 30.7 Å². The maximum Gasteiger partial charge on any atom is 0.191 e. The minimum atomic E-state index is 0.276. The monoisotopic (exact) mass is 416 g/mol. The average molecular weight is 417 g/mol. The van der Waals surface area contributed by atoms with E-state index in [0.717, 1.165) is 53.8 Å². The Labute approximate surface area is 177 Å². The maximum atomic E-state index is 6.32. The number of thiazole rings is 1.